The van der Waals surface area contributed by atoms with Gasteiger partial charge in [-0.15, -0.1) is 0 Å². The van der Waals surface area contributed by atoms with Crippen molar-refractivity contribution in [1.29, 1.82) is 0 Å². The molecule has 0 aliphatic carbocycles. The number of carbonyl (C=O) groups is 1. The molecule has 0 saturated heterocycles. The van der Waals surface area contributed by atoms with Crippen molar-refractivity contribution in [3.8, 4) is 0 Å². The summed E-state index contributed by atoms with van der Waals surface area (Å²) in [7, 11) is -2.41. The van der Waals surface area contributed by atoms with E-state index in [1.807, 2.05) is 19.9 Å². The number of carbonyl (C=O) groups excluding carboxylic acids is 1. The van der Waals surface area contributed by atoms with E-state index >= 15 is 0 Å². The standard InChI is InChI=1S/C14H22NO3P/c1-10(2)18-14(16)15-12-7-6-8-13(9-12)19(5,17)11(3)4/h6-11H,1-5H3,(H,15,16). The Bertz CT molecular complexity index is 497. The number of amides is 1. The Kier molecular flexibility index (Phi) is 5.19. The summed E-state index contributed by atoms with van der Waals surface area (Å²) in [4.78, 5) is 11.5. The maximum Gasteiger partial charge on any atom is 0.411 e. The van der Waals surface area contributed by atoms with Gasteiger partial charge in [0.05, 0.1) is 6.10 Å². The number of ether oxygens (including phenoxy) is 1. The number of nitrogens with one attached hydrogen (secondary N) is 1. The first-order chi connectivity index (χ1) is 8.73. The summed E-state index contributed by atoms with van der Waals surface area (Å²) in [5.74, 6) is 0. The van der Waals surface area contributed by atoms with Gasteiger partial charge in [0.2, 0.25) is 0 Å². The van der Waals surface area contributed by atoms with Crippen molar-refractivity contribution in [2.75, 3.05) is 12.0 Å². The molecule has 0 aromatic heterocycles. The molecule has 0 heterocycles. The Morgan fingerprint density at radius 3 is 2.42 bits per heavy atom. The van der Waals surface area contributed by atoms with Crippen molar-refractivity contribution in [3.05, 3.63) is 24.3 Å². The lowest BCUT2D eigenvalue weighted by molar-refractivity contribution is 0.130. The minimum atomic E-state index is -2.41. The van der Waals surface area contributed by atoms with E-state index in [1.165, 1.54) is 0 Å². The van der Waals surface area contributed by atoms with E-state index in [-0.39, 0.29) is 11.8 Å². The third kappa shape index (κ3) is 4.39. The molecule has 0 fully saturated rings. The lowest BCUT2D eigenvalue weighted by Crippen LogP contribution is -2.19. The minimum Gasteiger partial charge on any atom is -0.447 e. The second kappa shape index (κ2) is 6.25. The normalized spacial score (nSPS) is 14.3. The zero-order chi connectivity index (χ0) is 14.6. The fraction of sp³-hybridized carbons (Fsp3) is 0.500. The predicted molar refractivity (Wildman–Crippen MR) is 80.0 cm³/mol. The fourth-order valence-corrected chi connectivity index (χ4v) is 2.89. The van der Waals surface area contributed by atoms with E-state index in [4.69, 9.17) is 4.74 Å². The Balaban J connectivity index is 2.90. The van der Waals surface area contributed by atoms with E-state index < -0.39 is 13.2 Å². The third-order valence-electron chi connectivity index (χ3n) is 2.93. The summed E-state index contributed by atoms with van der Waals surface area (Å²) in [5, 5.41) is 3.41. The van der Waals surface area contributed by atoms with Crippen molar-refractivity contribution in [3.63, 3.8) is 0 Å². The highest BCUT2D eigenvalue weighted by Gasteiger charge is 2.23. The van der Waals surface area contributed by atoms with Gasteiger partial charge in [-0.25, -0.2) is 4.79 Å². The minimum absolute atomic E-state index is 0.0744. The van der Waals surface area contributed by atoms with Crippen LogP contribution in [0.4, 0.5) is 10.5 Å². The van der Waals surface area contributed by atoms with Gasteiger partial charge in [0.15, 0.2) is 0 Å². The summed E-state index contributed by atoms with van der Waals surface area (Å²) in [6, 6.07) is 7.13. The fourth-order valence-electron chi connectivity index (χ4n) is 1.52. The lowest BCUT2D eigenvalue weighted by atomic mass is 10.3. The predicted octanol–water partition coefficient (Wildman–Crippen LogP) is 3.67. The summed E-state index contributed by atoms with van der Waals surface area (Å²) in [6.07, 6.45) is -0.668. The van der Waals surface area contributed by atoms with Crippen molar-refractivity contribution in [1.82, 2.24) is 0 Å². The zero-order valence-electron chi connectivity index (χ0n) is 12.1. The monoisotopic (exact) mass is 283 g/mol. The summed E-state index contributed by atoms with van der Waals surface area (Å²) < 4.78 is 17.6. The topological polar surface area (TPSA) is 55.4 Å². The van der Waals surface area contributed by atoms with Gasteiger partial charge in [0.1, 0.15) is 7.14 Å². The van der Waals surface area contributed by atoms with Gasteiger partial charge in [-0.2, -0.15) is 0 Å². The molecule has 1 aromatic rings. The molecule has 0 radical (unpaired) electrons. The molecule has 106 valence electrons. The summed E-state index contributed by atoms with van der Waals surface area (Å²) >= 11 is 0. The number of hydrogen-bond donors (Lipinski definition) is 1. The molecule has 1 N–H and O–H groups in total. The molecule has 0 aliphatic heterocycles. The molecule has 1 rings (SSSR count). The molecule has 5 heteroatoms. The van der Waals surface area contributed by atoms with Crippen molar-refractivity contribution in [2.45, 2.75) is 39.5 Å². The number of rotatable bonds is 4. The Morgan fingerprint density at radius 2 is 1.89 bits per heavy atom. The largest absolute Gasteiger partial charge is 0.447 e. The Hall–Kier alpha value is -1.28. The molecule has 1 amide bonds. The number of hydrogen-bond acceptors (Lipinski definition) is 3. The smallest absolute Gasteiger partial charge is 0.411 e. The maximum atomic E-state index is 12.6. The van der Waals surface area contributed by atoms with Gasteiger partial charge >= 0.3 is 6.09 Å². The molecule has 19 heavy (non-hydrogen) atoms. The van der Waals surface area contributed by atoms with Gasteiger partial charge in [-0.05, 0) is 32.6 Å². The van der Waals surface area contributed by atoms with Crippen LogP contribution in [0, 0.1) is 0 Å². The van der Waals surface area contributed by atoms with Crippen LogP contribution in [0.3, 0.4) is 0 Å². The van der Waals surface area contributed by atoms with Crippen LogP contribution < -0.4 is 10.6 Å². The van der Waals surface area contributed by atoms with Gasteiger partial charge in [0, 0.05) is 16.7 Å². The Labute approximate surface area is 114 Å². The lowest BCUT2D eigenvalue weighted by Gasteiger charge is -2.18. The molecule has 0 spiro atoms. The van der Waals surface area contributed by atoms with Gasteiger partial charge in [-0.3, -0.25) is 5.32 Å². The highest BCUT2D eigenvalue weighted by Crippen LogP contribution is 2.45. The molecule has 1 unspecified atom stereocenters. The van der Waals surface area contributed by atoms with Crippen LogP contribution in [0.15, 0.2) is 24.3 Å². The van der Waals surface area contributed by atoms with E-state index in [0.29, 0.717) is 5.69 Å². The number of benzene rings is 1. The first-order valence-corrected chi connectivity index (χ1v) is 8.61. The van der Waals surface area contributed by atoms with Crippen LogP contribution in [-0.2, 0) is 9.30 Å². The average Bonchev–Trinajstić information content (AvgIpc) is 2.27. The van der Waals surface area contributed by atoms with E-state index in [0.717, 1.165) is 5.30 Å². The number of anilines is 1. The Morgan fingerprint density at radius 1 is 1.26 bits per heavy atom. The molecule has 1 atom stereocenters. The average molecular weight is 283 g/mol. The van der Waals surface area contributed by atoms with E-state index in [1.54, 1.807) is 38.7 Å². The summed E-state index contributed by atoms with van der Waals surface area (Å²) in [6.45, 7) is 9.22. The second-order valence-corrected chi connectivity index (χ2v) is 8.74. The molecule has 0 saturated carbocycles. The van der Waals surface area contributed by atoms with Crippen LogP contribution in [0.1, 0.15) is 27.7 Å². The van der Waals surface area contributed by atoms with Crippen LogP contribution >= 0.6 is 7.14 Å². The second-order valence-electron chi connectivity index (χ2n) is 5.21. The quantitative estimate of drug-likeness (QED) is 0.858. The highest BCUT2D eigenvalue weighted by molar-refractivity contribution is 7.71. The van der Waals surface area contributed by atoms with Crippen LogP contribution in [0.5, 0.6) is 0 Å². The molecule has 4 nitrogen and oxygen atoms in total. The van der Waals surface area contributed by atoms with Crippen LogP contribution in [0.25, 0.3) is 0 Å². The van der Waals surface area contributed by atoms with Crippen molar-refractivity contribution in [2.24, 2.45) is 0 Å². The van der Waals surface area contributed by atoms with Crippen LogP contribution in [0.2, 0.25) is 0 Å². The molecule has 0 aliphatic rings. The SMILES string of the molecule is CC(C)OC(=O)Nc1cccc(P(C)(=O)C(C)C)c1. The maximum absolute atomic E-state index is 12.6. The first-order valence-electron chi connectivity index (χ1n) is 6.39. The van der Waals surface area contributed by atoms with E-state index in [9.17, 15) is 9.36 Å². The zero-order valence-corrected chi connectivity index (χ0v) is 13.0. The van der Waals surface area contributed by atoms with Crippen LogP contribution in [-0.4, -0.2) is 24.5 Å². The van der Waals surface area contributed by atoms with Gasteiger partial charge < -0.3 is 9.30 Å². The van der Waals surface area contributed by atoms with Crippen molar-refractivity contribution < 1.29 is 14.1 Å². The van der Waals surface area contributed by atoms with Gasteiger partial charge in [0.25, 0.3) is 0 Å². The molecular formula is C14H22NO3P. The van der Waals surface area contributed by atoms with Crippen molar-refractivity contribution >= 4 is 24.2 Å². The molecule has 0 bridgehead atoms. The first kappa shape index (κ1) is 15.8. The highest BCUT2D eigenvalue weighted by atomic mass is 31.2. The third-order valence-corrected chi connectivity index (χ3v) is 6.21. The summed E-state index contributed by atoms with van der Waals surface area (Å²) in [5.41, 5.74) is 0.677. The molecular weight excluding hydrogens is 261 g/mol. The van der Waals surface area contributed by atoms with E-state index in [2.05, 4.69) is 5.32 Å². The van der Waals surface area contributed by atoms with Gasteiger partial charge in [-0.1, -0.05) is 26.0 Å². The molecule has 1 aromatic carbocycles.